The van der Waals surface area contributed by atoms with Gasteiger partial charge in [-0.15, -0.1) is 0 Å². The molecule has 1 aromatic rings. The van der Waals surface area contributed by atoms with Crippen molar-refractivity contribution in [1.82, 2.24) is 5.32 Å². The summed E-state index contributed by atoms with van der Waals surface area (Å²) in [5, 5.41) is 2.94. The first-order chi connectivity index (χ1) is 9.90. The van der Waals surface area contributed by atoms with Crippen LogP contribution in [0.4, 0.5) is 0 Å². The first-order valence-corrected chi connectivity index (χ1v) is 8.12. The second-order valence-electron chi connectivity index (χ2n) is 6.12. The maximum Gasteiger partial charge on any atom is 0.224 e. The largest absolute Gasteiger partial charge is 0.355 e. The molecule has 0 heterocycles. The Morgan fingerprint density at radius 2 is 1.76 bits per heavy atom. The SMILES string of the molecule is CC.CCCc1cccc(CCNC(=O)[CH]C(C)(C)C)c1.[HH]. The van der Waals surface area contributed by atoms with Gasteiger partial charge in [0.2, 0.25) is 5.91 Å². The van der Waals surface area contributed by atoms with Crippen molar-refractivity contribution < 1.29 is 6.22 Å². The fraction of sp³-hybridized carbons (Fsp3) is 0.579. The molecular formula is C19H34NO. The van der Waals surface area contributed by atoms with Gasteiger partial charge in [-0.1, -0.05) is 72.2 Å². The van der Waals surface area contributed by atoms with Gasteiger partial charge < -0.3 is 5.32 Å². The van der Waals surface area contributed by atoms with Crippen molar-refractivity contribution in [2.75, 3.05) is 6.54 Å². The molecule has 0 saturated heterocycles. The predicted octanol–water partition coefficient (Wildman–Crippen LogP) is 4.82. The van der Waals surface area contributed by atoms with E-state index < -0.39 is 0 Å². The normalized spacial score (nSPS) is 10.6. The lowest BCUT2D eigenvalue weighted by Crippen LogP contribution is -2.29. The minimum Gasteiger partial charge on any atom is -0.355 e. The van der Waals surface area contributed by atoms with Gasteiger partial charge in [-0.2, -0.15) is 0 Å². The van der Waals surface area contributed by atoms with Crippen molar-refractivity contribution in [2.45, 2.75) is 60.8 Å². The summed E-state index contributed by atoms with van der Waals surface area (Å²) in [5.74, 6) is 0.0252. The van der Waals surface area contributed by atoms with Crippen LogP contribution in [0.3, 0.4) is 0 Å². The van der Waals surface area contributed by atoms with Crippen LogP contribution in [0, 0.1) is 11.8 Å². The number of rotatable bonds is 6. The highest BCUT2D eigenvalue weighted by Crippen LogP contribution is 2.16. The Balaban J connectivity index is 0. The average Bonchev–Trinajstić information content (AvgIpc) is 2.40. The van der Waals surface area contributed by atoms with Crippen LogP contribution in [-0.4, -0.2) is 12.5 Å². The standard InChI is InChI=1S/C17H26NO.C2H6.H2/c1-5-7-14-8-6-9-15(12-14)10-11-18-16(19)13-17(2,3)4;1-2;/h6,8-9,12-13H,5,7,10-11H2,1-4H3,(H,18,19);1-2H3;1H. The fourth-order valence-corrected chi connectivity index (χ4v) is 2.00. The van der Waals surface area contributed by atoms with Gasteiger partial charge in [-0.05, 0) is 29.4 Å². The highest BCUT2D eigenvalue weighted by atomic mass is 16.1. The zero-order valence-electron chi connectivity index (χ0n) is 14.6. The van der Waals surface area contributed by atoms with Gasteiger partial charge in [0.05, 0.1) is 6.42 Å². The summed E-state index contributed by atoms with van der Waals surface area (Å²) < 4.78 is 0. The molecule has 1 N–H and O–H groups in total. The van der Waals surface area contributed by atoms with Gasteiger partial charge in [0.15, 0.2) is 0 Å². The van der Waals surface area contributed by atoms with Gasteiger partial charge >= 0.3 is 0 Å². The molecule has 0 aliphatic rings. The summed E-state index contributed by atoms with van der Waals surface area (Å²) in [7, 11) is 0. The molecule has 0 aliphatic heterocycles. The van der Waals surface area contributed by atoms with Gasteiger partial charge in [0, 0.05) is 7.97 Å². The van der Waals surface area contributed by atoms with Crippen LogP contribution >= 0.6 is 0 Å². The minimum atomic E-state index is -0.0644. The fourth-order valence-electron chi connectivity index (χ4n) is 2.00. The van der Waals surface area contributed by atoms with E-state index in [1.807, 2.05) is 34.6 Å². The highest BCUT2D eigenvalue weighted by Gasteiger charge is 2.15. The summed E-state index contributed by atoms with van der Waals surface area (Å²) in [6.45, 7) is 13.0. The lowest BCUT2D eigenvalue weighted by molar-refractivity contribution is -0.118. The molecule has 21 heavy (non-hydrogen) atoms. The van der Waals surface area contributed by atoms with E-state index in [4.69, 9.17) is 0 Å². The lowest BCUT2D eigenvalue weighted by Gasteiger charge is -2.16. The molecule has 121 valence electrons. The summed E-state index contributed by atoms with van der Waals surface area (Å²) >= 11 is 0. The Morgan fingerprint density at radius 3 is 2.29 bits per heavy atom. The number of nitrogens with one attached hydrogen (secondary N) is 1. The van der Waals surface area contributed by atoms with Gasteiger partial charge in [-0.25, -0.2) is 0 Å². The summed E-state index contributed by atoms with van der Waals surface area (Å²) in [5.41, 5.74) is 2.61. The van der Waals surface area contributed by atoms with Crippen molar-refractivity contribution in [2.24, 2.45) is 5.41 Å². The van der Waals surface area contributed by atoms with E-state index in [1.54, 1.807) is 6.42 Å². The van der Waals surface area contributed by atoms with Crippen molar-refractivity contribution >= 4 is 5.91 Å². The van der Waals surface area contributed by atoms with Crippen LogP contribution in [0.15, 0.2) is 24.3 Å². The quantitative estimate of drug-likeness (QED) is 0.800. The van der Waals surface area contributed by atoms with E-state index in [-0.39, 0.29) is 12.7 Å². The molecule has 0 aromatic heterocycles. The molecule has 1 amide bonds. The van der Waals surface area contributed by atoms with E-state index in [0.29, 0.717) is 6.54 Å². The topological polar surface area (TPSA) is 29.1 Å². The maximum absolute atomic E-state index is 11.7. The Kier molecular flexibility index (Phi) is 9.77. The third kappa shape index (κ3) is 10.1. The molecule has 0 fully saturated rings. The van der Waals surface area contributed by atoms with Crippen LogP contribution in [0.2, 0.25) is 0 Å². The molecule has 1 radical (unpaired) electrons. The molecule has 0 spiro atoms. The highest BCUT2D eigenvalue weighted by molar-refractivity contribution is 5.85. The first-order valence-electron chi connectivity index (χ1n) is 8.12. The Morgan fingerprint density at radius 1 is 1.19 bits per heavy atom. The van der Waals surface area contributed by atoms with Crippen LogP contribution in [0.1, 0.15) is 60.5 Å². The molecule has 0 atom stereocenters. The van der Waals surface area contributed by atoms with Crippen molar-refractivity contribution in [3.8, 4) is 0 Å². The second-order valence-corrected chi connectivity index (χ2v) is 6.12. The molecular weight excluding hydrogens is 258 g/mol. The molecule has 0 unspecified atom stereocenters. The smallest absolute Gasteiger partial charge is 0.224 e. The lowest BCUT2D eigenvalue weighted by atomic mass is 9.92. The maximum atomic E-state index is 11.7. The predicted molar refractivity (Wildman–Crippen MR) is 94.4 cm³/mol. The number of hydrogen-bond donors (Lipinski definition) is 1. The third-order valence-electron chi connectivity index (χ3n) is 2.81. The number of aryl methyl sites for hydroxylation is 1. The van der Waals surface area contributed by atoms with Gasteiger partial charge in [-0.3, -0.25) is 4.79 Å². The summed E-state index contributed by atoms with van der Waals surface area (Å²) in [4.78, 5) is 11.7. The van der Waals surface area contributed by atoms with E-state index in [1.165, 1.54) is 17.5 Å². The zero-order valence-corrected chi connectivity index (χ0v) is 14.6. The van der Waals surface area contributed by atoms with Crippen LogP contribution in [0.25, 0.3) is 0 Å². The molecule has 1 aromatic carbocycles. The monoisotopic (exact) mass is 292 g/mol. The number of carbonyl (C=O) groups excluding carboxylic acids is 1. The Labute approximate surface area is 132 Å². The van der Waals surface area contributed by atoms with E-state index >= 15 is 0 Å². The van der Waals surface area contributed by atoms with Gasteiger partial charge in [0.1, 0.15) is 0 Å². The summed E-state index contributed by atoms with van der Waals surface area (Å²) in [6.07, 6.45) is 4.92. The van der Waals surface area contributed by atoms with E-state index in [2.05, 4.69) is 36.5 Å². The minimum absolute atomic E-state index is 0. The van der Waals surface area contributed by atoms with Crippen molar-refractivity contribution in [3.63, 3.8) is 0 Å². The average molecular weight is 292 g/mol. The second kappa shape index (κ2) is 10.4. The molecule has 0 saturated carbocycles. The number of benzene rings is 1. The summed E-state index contributed by atoms with van der Waals surface area (Å²) in [6, 6.07) is 8.63. The van der Waals surface area contributed by atoms with Gasteiger partial charge in [0.25, 0.3) is 0 Å². The number of carbonyl (C=O) groups is 1. The molecule has 0 bridgehead atoms. The van der Waals surface area contributed by atoms with Crippen LogP contribution in [-0.2, 0) is 17.6 Å². The third-order valence-corrected chi connectivity index (χ3v) is 2.81. The first kappa shape index (κ1) is 19.7. The molecule has 2 heteroatoms. The van der Waals surface area contributed by atoms with Crippen LogP contribution < -0.4 is 5.32 Å². The number of hydrogen-bond acceptors (Lipinski definition) is 1. The van der Waals surface area contributed by atoms with Crippen molar-refractivity contribution in [1.29, 1.82) is 0 Å². The van der Waals surface area contributed by atoms with Crippen LogP contribution in [0.5, 0.6) is 0 Å². The zero-order chi connectivity index (χ0) is 16.3. The number of amides is 1. The van der Waals surface area contributed by atoms with E-state index in [9.17, 15) is 4.79 Å². The molecule has 2 nitrogen and oxygen atoms in total. The van der Waals surface area contributed by atoms with E-state index in [0.717, 1.165) is 12.8 Å². The Hall–Kier alpha value is -1.31. The molecule has 0 aliphatic carbocycles. The molecule has 1 rings (SSSR count). The Bertz CT molecular complexity index is 410. The van der Waals surface area contributed by atoms with Crippen molar-refractivity contribution in [3.05, 3.63) is 41.8 Å².